The van der Waals surface area contributed by atoms with Gasteiger partial charge in [0.1, 0.15) is 0 Å². The highest BCUT2D eigenvalue weighted by molar-refractivity contribution is 5.78. The minimum absolute atomic E-state index is 0.0141. The Kier molecular flexibility index (Phi) is 5.66. The summed E-state index contributed by atoms with van der Waals surface area (Å²) in [5.74, 6) is -0.197. The van der Waals surface area contributed by atoms with Gasteiger partial charge in [-0.1, -0.05) is 24.3 Å². The number of methoxy groups -OCH3 is 1. The summed E-state index contributed by atoms with van der Waals surface area (Å²) >= 11 is 0. The molecular formula is C13H20N2O2. The molecule has 1 aromatic carbocycles. The molecule has 0 aliphatic carbocycles. The van der Waals surface area contributed by atoms with Gasteiger partial charge in [0, 0.05) is 20.7 Å². The van der Waals surface area contributed by atoms with Crippen molar-refractivity contribution in [2.75, 3.05) is 20.7 Å². The second-order valence-corrected chi connectivity index (χ2v) is 3.95. The number of rotatable bonds is 6. The molecule has 3 N–H and O–H groups in total. The molecule has 0 aromatic heterocycles. The lowest BCUT2D eigenvalue weighted by Gasteiger charge is -2.15. The number of hydrogen-bond donors (Lipinski definition) is 2. The minimum atomic E-state index is -0.182. The molecule has 0 radical (unpaired) electrons. The van der Waals surface area contributed by atoms with Gasteiger partial charge in [-0.15, -0.1) is 0 Å². The Morgan fingerprint density at radius 3 is 2.59 bits per heavy atom. The molecule has 4 nitrogen and oxygen atoms in total. The fourth-order valence-corrected chi connectivity index (χ4v) is 1.81. The molecule has 0 saturated carbocycles. The highest BCUT2D eigenvalue weighted by Gasteiger charge is 2.17. The third-order valence-corrected chi connectivity index (χ3v) is 2.79. The lowest BCUT2D eigenvalue weighted by Crippen LogP contribution is -2.34. The van der Waals surface area contributed by atoms with E-state index >= 15 is 0 Å². The van der Waals surface area contributed by atoms with E-state index in [2.05, 4.69) is 5.32 Å². The van der Waals surface area contributed by atoms with Gasteiger partial charge >= 0.3 is 0 Å². The third-order valence-electron chi connectivity index (χ3n) is 2.79. The smallest absolute Gasteiger partial charge is 0.224 e. The zero-order valence-corrected chi connectivity index (χ0v) is 10.4. The first-order valence-corrected chi connectivity index (χ1v) is 5.70. The standard InChI is InChI=1S/C13H20N2O2/c1-15-13(16)12(8-14)7-10-5-3-4-6-11(10)9-17-2/h3-6,12H,7-9,14H2,1-2H3,(H,15,16). The summed E-state index contributed by atoms with van der Waals surface area (Å²) in [6.07, 6.45) is 0.649. The van der Waals surface area contributed by atoms with Crippen LogP contribution in [-0.4, -0.2) is 26.6 Å². The van der Waals surface area contributed by atoms with Gasteiger partial charge in [-0.25, -0.2) is 0 Å². The maximum absolute atomic E-state index is 11.6. The second kappa shape index (κ2) is 7.04. The normalized spacial score (nSPS) is 12.2. The molecule has 4 heteroatoms. The summed E-state index contributed by atoms with van der Waals surface area (Å²) in [6, 6.07) is 7.96. The molecule has 0 heterocycles. The SMILES string of the molecule is CNC(=O)C(CN)Cc1ccccc1COC. The Morgan fingerprint density at radius 2 is 2.06 bits per heavy atom. The molecule has 17 heavy (non-hydrogen) atoms. The number of nitrogens with one attached hydrogen (secondary N) is 1. The van der Waals surface area contributed by atoms with E-state index in [4.69, 9.17) is 10.5 Å². The first-order valence-electron chi connectivity index (χ1n) is 5.70. The summed E-state index contributed by atoms with van der Waals surface area (Å²) in [7, 11) is 3.29. The molecular weight excluding hydrogens is 216 g/mol. The zero-order valence-electron chi connectivity index (χ0n) is 10.4. The van der Waals surface area contributed by atoms with Crippen molar-refractivity contribution in [3.8, 4) is 0 Å². The van der Waals surface area contributed by atoms with Gasteiger partial charge in [0.05, 0.1) is 12.5 Å². The number of carbonyl (C=O) groups excluding carboxylic acids is 1. The van der Waals surface area contributed by atoms with Crippen molar-refractivity contribution in [2.45, 2.75) is 13.0 Å². The first-order chi connectivity index (χ1) is 8.22. The average Bonchev–Trinajstić information content (AvgIpc) is 2.37. The Morgan fingerprint density at radius 1 is 1.41 bits per heavy atom. The summed E-state index contributed by atoms with van der Waals surface area (Å²) in [5, 5.41) is 2.64. The van der Waals surface area contributed by atoms with Crippen molar-refractivity contribution >= 4 is 5.91 Å². The molecule has 1 unspecified atom stereocenters. The van der Waals surface area contributed by atoms with Gasteiger partial charge in [-0.2, -0.15) is 0 Å². The van der Waals surface area contributed by atoms with Crippen molar-refractivity contribution in [3.05, 3.63) is 35.4 Å². The summed E-state index contributed by atoms with van der Waals surface area (Å²) in [6.45, 7) is 0.905. The van der Waals surface area contributed by atoms with Crippen LogP contribution in [0.25, 0.3) is 0 Å². The van der Waals surface area contributed by atoms with E-state index in [1.54, 1.807) is 14.2 Å². The molecule has 0 spiro atoms. The number of hydrogen-bond acceptors (Lipinski definition) is 3. The number of benzene rings is 1. The maximum Gasteiger partial charge on any atom is 0.224 e. The van der Waals surface area contributed by atoms with Crippen LogP contribution in [0.1, 0.15) is 11.1 Å². The van der Waals surface area contributed by atoms with E-state index in [0.29, 0.717) is 19.6 Å². The molecule has 0 aliphatic rings. The van der Waals surface area contributed by atoms with E-state index in [1.165, 1.54) is 0 Å². The van der Waals surface area contributed by atoms with Crippen LogP contribution in [0.15, 0.2) is 24.3 Å². The molecule has 0 saturated heterocycles. The highest BCUT2D eigenvalue weighted by Crippen LogP contribution is 2.14. The molecule has 0 fully saturated rings. The second-order valence-electron chi connectivity index (χ2n) is 3.95. The van der Waals surface area contributed by atoms with Crippen LogP contribution in [-0.2, 0) is 22.6 Å². The van der Waals surface area contributed by atoms with E-state index in [-0.39, 0.29) is 11.8 Å². The summed E-state index contributed by atoms with van der Waals surface area (Å²) < 4.78 is 5.14. The number of amides is 1. The average molecular weight is 236 g/mol. The predicted molar refractivity (Wildman–Crippen MR) is 67.5 cm³/mol. The van der Waals surface area contributed by atoms with E-state index in [9.17, 15) is 4.79 Å². The van der Waals surface area contributed by atoms with E-state index in [0.717, 1.165) is 11.1 Å². The van der Waals surface area contributed by atoms with Crippen LogP contribution in [0.2, 0.25) is 0 Å². The molecule has 1 amide bonds. The summed E-state index contributed by atoms with van der Waals surface area (Å²) in [5.41, 5.74) is 7.86. The lowest BCUT2D eigenvalue weighted by atomic mass is 9.95. The molecule has 0 aliphatic heterocycles. The van der Waals surface area contributed by atoms with Crippen LogP contribution < -0.4 is 11.1 Å². The van der Waals surface area contributed by atoms with Gasteiger partial charge in [-0.05, 0) is 17.5 Å². The third kappa shape index (κ3) is 3.84. The van der Waals surface area contributed by atoms with Gasteiger partial charge < -0.3 is 15.8 Å². The lowest BCUT2D eigenvalue weighted by molar-refractivity contribution is -0.124. The van der Waals surface area contributed by atoms with Crippen molar-refractivity contribution in [1.29, 1.82) is 0 Å². The fourth-order valence-electron chi connectivity index (χ4n) is 1.81. The zero-order chi connectivity index (χ0) is 12.7. The van der Waals surface area contributed by atoms with Crippen LogP contribution in [0.3, 0.4) is 0 Å². The monoisotopic (exact) mass is 236 g/mol. The predicted octanol–water partition coefficient (Wildman–Crippen LogP) is 0.696. The first kappa shape index (κ1) is 13.7. The fraction of sp³-hybridized carbons (Fsp3) is 0.462. The Bertz CT molecular complexity index is 366. The van der Waals surface area contributed by atoms with Crippen LogP contribution in [0.4, 0.5) is 0 Å². The minimum Gasteiger partial charge on any atom is -0.380 e. The topological polar surface area (TPSA) is 64.4 Å². The maximum atomic E-state index is 11.6. The largest absolute Gasteiger partial charge is 0.380 e. The van der Waals surface area contributed by atoms with Crippen LogP contribution in [0, 0.1) is 5.92 Å². The van der Waals surface area contributed by atoms with Gasteiger partial charge in [0.2, 0.25) is 5.91 Å². The van der Waals surface area contributed by atoms with Crippen molar-refractivity contribution < 1.29 is 9.53 Å². The van der Waals surface area contributed by atoms with Gasteiger partial charge in [0.25, 0.3) is 0 Å². The Labute approximate surface area is 102 Å². The summed E-state index contributed by atoms with van der Waals surface area (Å²) in [4.78, 5) is 11.6. The Hall–Kier alpha value is -1.39. The van der Waals surface area contributed by atoms with Crippen LogP contribution >= 0.6 is 0 Å². The van der Waals surface area contributed by atoms with Crippen molar-refractivity contribution in [3.63, 3.8) is 0 Å². The van der Waals surface area contributed by atoms with Gasteiger partial charge in [0.15, 0.2) is 0 Å². The highest BCUT2D eigenvalue weighted by atomic mass is 16.5. The molecule has 94 valence electrons. The van der Waals surface area contributed by atoms with Gasteiger partial charge in [-0.3, -0.25) is 4.79 Å². The number of nitrogens with two attached hydrogens (primary N) is 1. The van der Waals surface area contributed by atoms with E-state index in [1.807, 2.05) is 24.3 Å². The van der Waals surface area contributed by atoms with Crippen molar-refractivity contribution in [1.82, 2.24) is 5.32 Å². The number of ether oxygens (including phenoxy) is 1. The van der Waals surface area contributed by atoms with Crippen molar-refractivity contribution in [2.24, 2.45) is 11.7 Å². The molecule has 1 aromatic rings. The molecule has 1 atom stereocenters. The van der Waals surface area contributed by atoms with E-state index < -0.39 is 0 Å². The molecule has 1 rings (SSSR count). The quantitative estimate of drug-likeness (QED) is 0.764. The Balaban J connectivity index is 2.81. The number of carbonyl (C=O) groups is 1. The van der Waals surface area contributed by atoms with Crippen LogP contribution in [0.5, 0.6) is 0 Å². The molecule has 0 bridgehead atoms.